The molecular weight excluding hydrogens is 386 g/mol. The van der Waals surface area contributed by atoms with Crippen molar-refractivity contribution in [1.29, 1.82) is 0 Å². The summed E-state index contributed by atoms with van der Waals surface area (Å²) in [6, 6.07) is 13.8. The minimum absolute atomic E-state index is 0. The lowest BCUT2D eigenvalue weighted by molar-refractivity contribution is -0.128. The SMILES string of the molecule is Cl.NCC1(NC(=O)C2CCN(C(=O)c3cccc4ccccc34)CC2)CCCC1. The minimum atomic E-state index is -0.201. The van der Waals surface area contributed by atoms with E-state index in [1.165, 1.54) is 0 Å². The van der Waals surface area contributed by atoms with Crippen molar-refractivity contribution in [2.45, 2.75) is 44.1 Å². The molecule has 2 aromatic carbocycles. The normalized spacial score (nSPS) is 19.0. The zero-order valence-corrected chi connectivity index (χ0v) is 17.5. The molecule has 2 aromatic rings. The van der Waals surface area contributed by atoms with Crippen LogP contribution in [0.4, 0.5) is 0 Å². The Morgan fingerprint density at radius 3 is 2.38 bits per heavy atom. The van der Waals surface area contributed by atoms with Crippen LogP contribution in [-0.4, -0.2) is 41.9 Å². The number of carbonyl (C=O) groups is 2. The standard InChI is InChI=1S/C23H29N3O2.ClH/c24-16-23(12-3-4-13-23)25-21(27)18-10-14-26(15-11-18)22(28)20-9-5-7-17-6-1-2-8-19(17)20;/h1-2,5-9,18H,3-4,10-16,24H2,(H,25,27);1H. The number of rotatable bonds is 4. The third kappa shape index (κ3) is 4.41. The maximum absolute atomic E-state index is 13.1. The number of hydrogen-bond donors (Lipinski definition) is 2. The quantitative estimate of drug-likeness (QED) is 0.802. The molecule has 1 aliphatic heterocycles. The lowest BCUT2D eigenvalue weighted by Gasteiger charge is -2.35. The third-order valence-electron chi connectivity index (χ3n) is 6.51. The molecule has 5 nitrogen and oxygen atoms in total. The van der Waals surface area contributed by atoms with Gasteiger partial charge in [0.2, 0.25) is 5.91 Å². The predicted octanol–water partition coefficient (Wildman–Crippen LogP) is 3.50. The summed E-state index contributed by atoms with van der Waals surface area (Å²) in [7, 11) is 0. The average Bonchev–Trinajstić information content (AvgIpc) is 3.22. The number of nitrogens with two attached hydrogens (primary N) is 1. The zero-order valence-electron chi connectivity index (χ0n) is 16.7. The van der Waals surface area contributed by atoms with Gasteiger partial charge in [0.1, 0.15) is 0 Å². The third-order valence-corrected chi connectivity index (χ3v) is 6.51. The van der Waals surface area contributed by atoms with Crippen LogP contribution in [0.5, 0.6) is 0 Å². The van der Waals surface area contributed by atoms with Gasteiger partial charge in [-0.1, -0.05) is 49.2 Å². The van der Waals surface area contributed by atoms with Gasteiger partial charge in [0.05, 0.1) is 5.54 Å². The fourth-order valence-electron chi connectivity index (χ4n) is 4.72. The molecule has 0 unspecified atom stereocenters. The first-order chi connectivity index (χ1) is 13.6. The summed E-state index contributed by atoms with van der Waals surface area (Å²) in [4.78, 5) is 27.7. The molecule has 1 aliphatic carbocycles. The fraction of sp³-hybridized carbons (Fsp3) is 0.478. The molecule has 1 heterocycles. The summed E-state index contributed by atoms with van der Waals surface area (Å²) < 4.78 is 0. The van der Waals surface area contributed by atoms with Crippen LogP contribution < -0.4 is 11.1 Å². The molecule has 29 heavy (non-hydrogen) atoms. The molecule has 2 fully saturated rings. The topological polar surface area (TPSA) is 75.4 Å². The maximum Gasteiger partial charge on any atom is 0.254 e. The van der Waals surface area contributed by atoms with E-state index in [0.29, 0.717) is 32.5 Å². The number of hydrogen-bond acceptors (Lipinski definition) is 3. The smallest absolute Gasteiger partial charge is 0.254 e. The van der Waals surface area contributed by atoms with Crippen molar-refractivity contribution in [3.8, 4) is 0 Å². The lowest BCUT2D eigenvalue weighted by Crippen LogP contribution is -2.54. The summed E-state index contributed by atoms with van der Waals surface area (Å²) in [5.74, 6) is 0.148. The van der Waals surface area contributed by atoms with Crippen LogP contribution in [0.1, 0.15) is 48.9 Å². The van der Waals surface area contributed by atoms with Crippen LogP contribution in [0.3, 0.4) is 0 Å². The first kappa shape index (κ1) is 21.6. The highest BCUT2D eigenvalue weighted by atomic mass is 35.5. The summed E-state index contributed by atoms with van der Waals surface area (Å²) >= 11 is 0. The summed E-state index contributed by atoms with van der Waals surface area (Å²) in [5.41, 5.74) is 6.49. The fourth-order valence-corrected chi connectivity index (χ4v) is 4.72. The van der Waals surface area contributed by atoms with E-state index in [9.17, 15) is 9.59 Å². The molecule has 2 amide bonds. The molecule has 0 bridgehead atoms. The highest BCUT2D eigenvalue weighted by Gasteiger charge is 2.36. The van der Waals surface area contributed by atoms with E-state index in [-0.39, 0.29) is 35.7 Å². The number of nitrogens with zero attached hydrogens (tertiary/aromatic N) is 1. The molecule has 3 N–H and O–H groups in total. The lowest BCUT2D eigenvalue weighted by atomic mass is 9.91. The van der Waals surface area contributed by atoms with Crippen LogP contribution >= 0.6 is 12.4 Å². The second kappa shape index (κ2) is 9.14. The van der Waals surface area contributed by atoms with Gasteiger partial charge in [-0.2, -0.15) is 0 Å². The van der Waals surface area contributed by atoms with E-state index in [1.54, 1.807) is 0 Å². The van der Waals surface area contributed by atoms with Crippen molar-refractivity contribution < 1.29 is 9.59 Å². The monoisotopic (exact) mass is 415 g/mol. The summed E-state index contributed by atoms with van der Waals surface area (Å²) in [6.07, 6.45) is 5.65. The minimum Gasteiger partial charge on any atom is -0.349 e. The van der Waals surface area contributed by atoms with Crippen LogP contribution in [0.15, 0.2) is 42.5 Å². The van der Waals surface area contributed by atoms with Gasteiger partial charge in [0, 0.05) is 31.1 Å². The van der Waals surface area contributed by atoms with E-state index in [1.807, 2.05) is 47.4 Å². The zero-order chi connectivity index (χ0) is 19.6. The highest BCUT2D eigenvalue weighted by molar-refractivity contribution is 6.07. The second-order valence-corrected chi connectivity index (χ2v) is 8.27. The Hall–Kier alpha value is -2.11. The summed E-state index contributed by atoms with van der Waals surface area (Å²) in [6.45, 7) is 1.75. The Morgan fingerprint density at radius 1 is 1.03 bits per heavy atom. The van der Waals surface area contributed by atoms with Crippen molar-refractivity contribution >= 4 is 35.0 Å². The molecule has 6 heteroatoms. The Morgan fingerprint density at radius 2 is 1.69 bits per heavy atom. The van der Waals surface area contributed by atoms with Crippen LogP contribution in [0.2, 0.25) is 0 Å². The van der Waals surface area contributed by atoms with E-state index in [4.69, 9.17) is 5.73 Å². The molecule has 0 atom stereocenters. The number of carbonyl (C=O) groups excluding carboxylic acids is 2. The van der Waals surface area contributed by atoms with Crippen LogP contribution in [0.25, 0.3) is 10.8 Å². The molecule has 0 aromatic heterocycles. The Bertz CT molecular complexity index is 866. The van der Waals surface area contributed by atoms with E-state index >= 15 is 0 Å². The van der Waals surface area contributed by atoms with Gasteiger partial charge in [-0.3, -0.25) is 9.59 Å². The van der Waals surface area contributed by atoms with Crippen molar-refractivity contribution in [3.63, 3.8) is 0 Å². The predicted molar refractivity (Wildman–Crippen MR) is 118 cm³/mol. The Labute approximate surface area is 178 Å². The number of amides is 2. The number of benzene rings is 2. The van der Waals surface area contributed by atoms with Crippen molar-refractivity contribution in [2.24, 2.45) is 11.7 Å². The van der Waals surface area contributed by atoms with Crippen LogP contribution in [-0.2, 0) is 4.79 Å². The van der Waals surface area contributed by atoms with E-state index < -0.39 is 0 Å². The molecule has 4 rings (SSSR count). The van der Waals surface area contributed by atoms with E-state index in [2.05, 4.69) is 5.32 Å². The van der Waals surface area contributed by atoms with Gasteiger partial charge in [-0.15, -0.1) is 12.4 Å². The molecule has 1 saturated carbocycles. The van der Waals surface area contributed by atoms with Gasteiger partial charge < -0.3 is 16.0 Å². The first-order valence-electron chi connectivity index (χ1n) is 10.4. The van der Waals surface area contributed by atoms with Gasteiger partial charge in [0.25, 0.3) is 5.91 Å². The number of halogens is 1. The number of fused-ring (bicyclic) bond motifs is 1. The molecule has 0 spiro atoms. The largest absolute Gasteiger partial charge is 0.349 e. The van der Waals surface area contributed by atoms with Gasteiger partial charge >= 0.3 is 0 Å². The van der Waals surface area contributed by atoms with Gasteiger partial charge in [-0.25, -0.2) is 0 Å². The molecule has 2 aliphatic rings. The molecular formula is C23H30ClN3O2. The second-order valence-electron chi connectivity index (χ2n) is 8.27. The van der Waals surface area contributed by atoms with Crippen LogP contribution in [0, 0.1) is 5.92 Å². The van der Waals surface area contributed by atoms with Crippen molar-refractivity contribution in [1.82, 2.24) is 10.2 Å². The number of piperidine rings is 1. The number of likely N-dealkylation sites (tertiary alicyclic amines) is 1. The van der Waals surface area contributed by atoms with Gasteiger partial charge in [0.15, 0.2) is 0 Å². The molecule has 156 valence electrons. The Balaban J connectivity index is 0.00000240. The van der Waals surface area contributed by atoms with Crippen molar-refractivity contribution in [2.75, 3.05) is 19.6 Å². The maximum atomic E-state index is 13.1. The highest BCUT2D eigenvalue weighted by Crippen LogP contribution is 2.30. The van der Waals surface area contributed by atoms with Crippen molar-refractivity contribution in [3.05, 3.63) is 48.0 Å². The van der Waals surface area contributed by atoms with Gasteiger partial charge in [-0.05, 0) is 42.5 Å². The average molecular weight is 416 g/mol. The molecule has 0 radical (unpaired) electrons. The number of nitrogens with one attached hydrogen (secondary N) is 1. The summed E-state index contributed by atoms with van der Waals surface area (Å²) in [5, 5.41) is 5.31. The first-order valence-corrected chi connectivity index (χ1v) is 10.4. The molecule has 1 saturated heterocycles. The van der Waals surface area contributed by atoms with E-state index in [0.717, 1.165) is 42.0 Å². The Kier molecular flexibility index (Phi) is 6.81.